The molecule has 0 aromatic heterocycles. The smallest absolute Gasteiger partial charge is 0.288 e. The van der Waals surface area contributed by atoms with Crippen LogP contribution in [0.15, 0.2) is 48.6 Å². The first kappa shape index (κ1) is 19.7. The van der Waals surface area contributed by atoms with Gasteiger partial charge in [-0.25, -0.2) is 0 Å². The van der Waals surface area contributed by atoms with E-state index in [4.69, 9.17) is 21.1 Å². The molecule has 1 aliphatic carbocycles. The minimum absolute atomic E-state index is 0.0690. The van der Waals surface area contributed by atoms with Crippen molar-refractivity contribution in [3.05, 3.63) is 74.8 Å². The van der Waals surface area contributed by atoms with Gasteiger partial charge < -0.3 is 14.8 Å². The SMILES string of the molecule is CCOCCOc1cccc2c1NC(c1ccc(Cl)c([N+](=O)[O-])c1)C1CC=CC21. The van der Waals surface area contributed by atoms with Gasteiger partial charge in [-0.05, 0) is 42.5 Å². The van der Waals surface area contributed by atoms with Crippen LogP contribution in [0.3, 0.4) is 0 Å². The maximum Gasteiger partial charge on any atom is 0.288 e. The third-order valence-electron chi connectivity index (χ3n) is 5.57. The Labute approximate surface area is 174 Å². The Morgan fingerprint density at radius 2 is 2.14 bits per heavy atom. The summed E-state index contributed by atoms with van der Waals surface area (Å²) in [5.74, 6) is 1.29. The quantitative estimate of drug-likeness (QED) is 0.280. The molecule has 0 bridgehead atoms. The standard InChI is InChI=1S/C22H23ClN2O4/c1-2-28-11-12-29-20-8-4-7-17-15-5-3-6-16(15)21(24-22(17)20)14-9-10-18(23)19(13-14)25(26)27/h3-5,7-10,13,15-16,21,24H,2,6,11-12H2,1H3. The van der Waals surface area contributed by atoms with Crippen LogP contribution in [0.5, 0.6) is 5.75 Å². The zero-order chi connectivity index (χ0) is 20.4. The molecule has 0 saturated heterocycles. The summed E-state index contributed by atoms with van der Waals surface area (Å²) in [6.45, 7) is 3.60. The van der Waals surface area contributed by atoms with Gasteiger partial charge in [0.25, 0.3) is 5.69 Å². The van der Waals surface area contributed by atoms with Gasteiger partial charge in [0.2, 0.25) is 0 Å². The topological polar surface area (TPSA) is 73.6 Å². The molecule has 0 radical (unpaired) electrons. The highest BCUT2D eigenvalue weighted by molar-refractivity contribution is 6.32. The van der Waals surface area contributed by atoms with Crippen LogP contribution in [-0.2, 0) is 4.74 Å². The minimum atomic E-state index is -0.435. The summed E-state index contributed by atoms with van der Waals surface area (Å²) >= 11 is 6.02. The summed E-state index contributed by atoms with van der Waals surface area (Å²) in [5.41, 5.74) is 2.92. The lowest BCUT2D eigenvalue weighted by molar-refractivity contribution is -0.384. The number of anilines is 1. The average molecular weight is 415 g/mol. The van der Waals surface area contributed by atoms with Crippen molar-refractivity contribution in [2.24, 2.45) is 5.92 Å². The summed E-state index contributed by atoms with van der Waals surface area (Å²) < 4.78 is 11.4. The molecule has 29 heavy (non-hydrogen) atoms. The number of rotatable bonds is 7. The molecule has 0 spiro atoms. The molecule has 152 valence electrons. The van der Waals surface area contributed by atoms with E-state index in [1.54, 1.807) is 12.1 Å². The molecule has 2 aromatic rings. The van der Waals surface area contributed by atoms with E-state index in [0.717, 1.165) is 23.4 Å². The van der Waals surface area contributed by atoms with Crippen molar-refractivity contribution >= 4 is 23.0 Å². The third-order valence-corrected chi connectivity index (χ3v) is 5.89. The number of nitrogens with one attached hydrogen (secondary N) is 1. The van der Waals surface area contributed by atoms with Gasteiger partial charge in [-0.15, -0.1) is 0 Å². The Bertz CT molecular complexity index is 946. The second-order valence-corrected chi connectivity index (χ2v) is 7.62. The monoisotopic (exact) mass is 414 g/mol. The molecule has 6 nitrogen and oxygen atoms in total. The summed E-state index contributed by atoms with van der Waals surface area (Å²) in [6, 6.07) is 11.0. The van der Waals surface area contributed by atoms with Gasteiger partial charge in [0, 0.05) is 18.6 Å². The van der Waals surface area contributed by atoms with E-state index in [0.29, 0.717) is 19.8 Å². The van der Waals surface area contributed by atoms with Crippen molar-refractivity contribution in [2.45, 2.75) is 25.3 Å². The van der Waals surface area contributed by atoms with Crippen LogP contribution in [0.4, 0.5) is 11.4 Å². The number of para-hydroxylation sites is 1. The number of nitrogens with zero attached hydrogens (tertiary/aromatic N) is 1. The van der Waals surface area contributed by atoms with Crippen molar-refractivity contribution in [3.63, 3.8) is 0 Å². The number of ether oxygens (including phenoxy) is 2. The molecule has 2 aromatic carbocycles. The van der Waals surface area contributed by atoms with E-state index in [1.165, 1.54) is 5.56 Å². The lowest BCUT2D eigenvalue weighted by atomic mass is 9.77. The van der Waals surface area contributed by atoms with E-state index in [9.17, 15) is 10.1 Å². The van der Waals surface area contributed by atoms with Crippen LogP contribution in [0.2, 0.25) is 5.02 Å². The van der Waals surface area contributed by atoms with E-state index < -0.39 is 4.92 Å². The maximum atomic E-state index is 11.4. The molecule has 1 N–H and O–H groups in total. The Hall–Kier alpha value is -2.57. The van der Waals surface area contributed by atoms with Gasteiger partial charge in [0.15, 0.2) is 0 Å². The van der Waals surface area contributed by atoms with Crippen LogP contribution in [-0.4, -0.2) is 24.7 Å². The molecule has 0 amide bonds. The minimum Gasteiger partial charge on any atom is -0.489 e. The molecule has 0 fully saturated rings. The predicted octanol–water partition coefficient (Wildman–Crippen LogP) is 5.49. The first-order chi connectivity index (χ1) is 14.1. The van der Waals surface area contributed by atoms with Gasteiger partial charge in [-0.3, -0.25) is 10.1 Å². The lowest BCUT2D eigenvalue weighted by Gasteiger charge is -2.38. The van der Waals surface area contributed by atoms with Crippen molar-refractivity contribution < 1.29 is 14.4 Å². The second kappa shape index (κ2) is 8.43. The van der Waals surface area contributed by atoms with Gasteiger partial charge >= 0.3 is 0 Å². The Kier molecular flexibility index (Phi) is 5.74. The first-order valence-corrected chi connectivity index (χ1v) is 10.2. The molecule has 3 unspecified atom stereocenters. The van der Waals surface area contributed by atoms with Crippen molar-refractivity contribution in [2.75, 3.05) is 25.1 Å². The fourth-order valence-electron chi connectivity index (χ4n) is 4.26. The molecule has 1 aliphatic heterocycles. The number of nitro groups is 1. The Morgan fingerprint density at radius 3 is 2.93 bits per heavy atom. The Balaban J connectivity index is 1.68. The highest BCUT2D eigenvalue weighted by Crippen LogP contribution is 2.52. The normalized spacial score (nSPS) is 21.9. The molecular weight excluding hydrogens is 392 g/mol. The zero-order valence-corrected chi connectivity index (χ0v) is 16.9. The van der Waals surface area contributed by atoms with Crippen LogP contribution < -0.4 is 10.1 Å². The molecular formula is C22H23ClN2O4. The van der Waals surface area contributed by atoms with Crippen molar-refractivity contribution in [1.82, 2.24) is 0 Å². The first-order valence-electron chi connectivity index (χ1n) is 9.80. The van der Waals surface area contributed by atoms with Gasteiger partial charge in [0.1, 0.15) is 17.4 Å². The van der Waals surface area contributed by atoms with Gasteiger partial charge in [-0.1, -0.05) is 42.0 Å². The number of allylic oxidation sites excluding steroid dienone is 2. The predicted molar refractivity (Wildman–Crippen MR) is 113 cm³/mol. The average Bonchev–Trinajstić information content (AvgIpc) is 3.21. The number of benzene rings is 2. The fraction of sp³-hybridized carbons (Fsp3) is 0.364. The van der Waals surface area contributed by atoms with Crippen LogP contribution in [0.1, 0.15) is 36.4 Å². The lowest BCUT2D eigenvalue weighted by Crippen LogP contribution is -2.29. The van der Waals surface area contributed by atoms with Crippen LogP contribution in [0, 0.1) is 16.0 Å². The summed E-state index contributed by atoms with van der Waals surface area (Å²) in [5, 5.41) is 15.1. The number of nitro benzene ring substituents is 1. The van der Waals surface area contributed by atoms with E-state index in [-0.39, 0.29) is 28.6 Å². The van der Waals surface area contributed by atoms with Crippen molar-refractivity contribution in [3.8, 4) is 5.75 Å². The molecule has 3 atom stereocenters. The number of hydrogen-bond donors (Lipinski definition) is 1. The molecule has 0 saturated carbocycles. The highest BCUT2D eigenvalue weighted by Gasteiger charge is 2.39. The maximum absolute atomic E-state index is 11.4. The van der Waals surface area contributed by atoms with Crippen LogP contribution >= 0.6 is 11.6 Å². The number of fused-ring (bicyclic) bond motifs is 3. The molecule has 7 heteroatoms. The number of halogens is 1. The van der Waals surface area contributed by atoms with Gasteiger partial charge in [0.05, 0.1) is 23.3 Å². The Morgan fingerprint density at radius 1 is 1.28 bits per heavy atom. The third kappa shape index (κ3) is 3.82. The molecule has 2 aliphatic rings. The highest BCUT2D eigenvalue weighted by atomic mass is 35.5. The molecule has 1 heterocycles. The zero-order valence-electron chi connectivity index (χ0n) is 16.1. The van der Waals surface area contributed by atoms with Crippen LogP contribution in [0.25, 0.3) is 0 Å². The van der Waals surface area contributed by atoms with E-state index >= 15 is 0 Å². The second-order valence-electron chi connectivity index (χ2n) is 7.21. The van der Waals surface area contributed by atoms with E-state index in [1.807, 2.05) is 25.1 Å². The van der Waals surface area contributed by atoms with Crippen molar-refractivity contribution in [1.29, 1.82) is 0 Å². The largest absolute Gasteiger partial charge is 0.489 e. The molecule has 4 rings (SSSR count). The summed E-state index contributed by atoms with van der Waals surface area (Å²) in [7, 11) is 0. The van der Waals surface area contributed by atoms with Gasteiger partial charge in [-0.2, -0.15) is 0 Å². The number of hydrogen-bond acceptors (Lipinski definition) is 5. The fourth-order valence-corrected chi connectivity index (χ4v) is 4.45. The summed E-state index contributed by atoms with van der Waals surface area (Å²) in [4.78, 5) is 10.9. The summed E-state index contributed by atoms with van der Waals surface area (Å²) in [6.07, 6.45) is 5.32. The van der Waals surface area contributed by atoms with E-state index in [2.05, 4.69) is 23.5 Å².